The number of nitrogen functional groups attached to an aromatic ring is 1. The molecule has 2 aromatic rings. The largest absolute Gasteiger partial charge is 0.423 e. The normalized spacial score (nSPS) is 11.3. The number of benzene rings is 1. The summed E-state index contributed by atoms with van der Waals surface area (Å²) in [4.78, 5) is 6.53. The van der Waals surface area contributed by atoms with Crippen LogP contribution in [-0.4, -0.2) is 37.1 Å². The number of nitrogens with zero attached hydrogens (tertiary/aromatic N) is 2. The summed E-state index contributed by atoms with van der Waals surface area (Å²) in [6.45, 7) is 1.97. The monoisotopic (exact) mass is 248 g/mol. The lowest BCUT2D eigenvalue weighted by molar-refractivity contribution is 0.396. The van der Waals surface area contributed by atoms with Crippen molar-refractivity contribution in [3.8, 4) is 0 Å². The van der Waals surface area contributed by atoms with E-state index in [1.165, 1.54) is 0 Å². The number of nitrogens with one attached hydrogen (secondary N) is 1. The quantitative estimate of drug-likeness (QED) is 0.605. The van der Waals surface area contributed by atoms with Gasteiger partial charge in [-0.15, -0.1) is 0 Å². The van der Waals surface area contributed by atoms with Crippen molar-refractivity contribution in [2.75, 3.05) is 38.2 Å². The molecule has 0 bridgehead atoms. The second-order valence-electron chi connectivity index (χ2n) is 4.68. The van der Waals surface area contributed by atoms with Gasteiger partial charge in [0, 0.05) is 18.3 Å². The molecule has 98 valence electrons. The topological polar surface area (TPSA) is 67.3 Å². The average Bonchev–Trinajstić information content (AvgIpc) is 2.70. The first-order valence-electron chi connectivity index (χ1n) is 6.20. The molecule has 1 aromatic heterocycles. The van der Waals surface area contributed by atoms with E-state index >= 15 is 0 Å². The van der Waals surface area contributed by atoms with Crippen molar-refractivity contribution in [2.24, 2.45) is 0 Å². The molecule has 0 aliphatic rings. The molecule has 0 amide bonds. The molecule has 18 heavy (non-hydrogen) atoms. The van der Waals surface area contributed by atoms with Crippen molar-refractivity contribution in [3.05, 3.63) is 18.2 Å². The number of unbranched alkanes of at least 4 members (excludes halogenated alkanes) is 1. The zero-order valence-corrected chi connectivity index (χ0v) is 10.9. The van der Waals surface area contributed by atoms with Gasteiger partial charge in [0.2, 0.25) is 0 Å². The summed E-state index contributed by atoms with van der Waals surface area (Å²) in [5.74, 6) is 0. The van der Waals surface area contributed by atoms with Gasteiger partial charge >= 0.3 is 0 Å². The Morgan fingerprint density at radius 2 is 2.17 bits per heavy atom. The van der Waals surface area contributed by atoms with Gasteiger partial charge in [0.15, 0.2) is 5.58 Å². The Balaban J connectivity index is 1.84. The van der Waals surface area contributed by atoms with Crippen molar-refractivity contribution in [1.29, 1.82) is 0 Å². The second kappa shape index (κ2) is 5.73. The van der Waals surface area contributed by atoms with E-state index in [1.807, 2.05) is 12.1 Å². The maximum atomic E-state index is 5.69. The maximum Gasteiger partial charge on any atom is 0.295 e. The van der Waals surface area contributed by atoms with Crippen LogP contribution in [0.1, 0.15) is 12.8 Å². The van der Waals surface area contributed by atoms with E-state index in [0.29, 0.717) is 11.7 Å². The summed E-state index contributed by atoms with van der Waals surface area (Å²) in [6, 6.07) is 6.05. The first-order chi connectivity index (χ1) is 8.65. The fraction of sp³-hybridized carbons (Fsp3) is 0.462. The highest BCUT2D eigenvalue weighted by Gasteiger charge is 2.04. The fourth-order valence-corrected chi connectivity index (χ4v) is 1.77. The van der Waals surface area contributed by atoms with Gasteiger partial charge in [-0.2, -0.15) is 4.98 Å². The van der Waals surface area contributed by atoms with E-state index in [2.05, 4.69) is 29.3 Å². The number of hydrogen-bond acceptors (Lipinski definition) is 5. The summed E-state index contributed by atoms with van der Waals surface area (Å²) in [6.07, 6.45) is 2.26. The van der Waals surface area contributed by atoms with Crippen LogP contribution in [0.4, 0.5) is 11.7 Å². The van der Waals surface area contributed by atoms with Crippen LogP contribution in [0.25, 0.3) is 11.1 Å². The zero-order valence-electron chi connectivity index (χ0n) is 10.9. The predicted molar refractivity (Wildman–Crippen MR) is 74.7 cm³/mol. The van der Waals surface area contributed by atoms with E-state index in [-0.39, 0.29) is 0 Å². The smallest absolute Gasteiger partial charge is 0.295 e. The Bertz CT molecular complexity index is 507. The van der Waals surface area contributed by atoms with Gasteiger partial charge < -0.3 is 20.4 Å². The first kappa shape index (κ1) is 12.7. The van der Waals surface area contributed by atoms with Crippen molar-refractivity contribution >= 4 is 22.8 Å². The third-order valence-electron chi connectivity index (χ3n) is 2.72. The summed E-state index contributed by atoms with van der Waals surface area (Å²) in [5, 5.41) is 3.19. The van der Waals surface area contributed by atoms with Crippen LogP contribution in [-0.2, 0) is 0 Å². The van der Waals surface area contributed by atoms with Crippen LogP contribution in [0, 0.1) is 0 Å². The fourth-order valence-electron chi connectivity index (χ4n) is 1.77. The molecule has 5 nitrogen and oxygen atoms in total. The number of rotatable bonds is 6. The number of hydrogen-bond donors (Lipinski definition) is 2. The van der Waals surface area contributed by atoms with Crippen LogP contribution in [0.5, 0.6) is 0 Å². The van der Waals surface area contributed by atoms with Gasteiger partial charge in [-0.1, -0.05) is 0 Å². The van der Waals surface area contributed by atoms with Gasteiger partial charge in [-0.25, -0.2) is 0 Å². The standard InChI is InChI=1S/C13H20N4O/c1-17(2)8-4-3-7-15-13-16-11-6-5-10(14)9-12(11)18-13/h5-6,9H,3-4,7-8,14H2,1-2H3,(H,15,16). The lowest BCUT2D eigenvalue weighted by Gasteiger charge is -2.08. The number of oxazole rings is 1. The molecule has 2 rings (SSSR count). The van der Waals surface area contributed by atoms with Crippen molar-refractivity contribution in [3.63, 3.8) is 0 Å². The van der Waals surface area contributed by atoms with Crippen molar-refractivity contribution < 1.29 is 4.42 Å². The minimum absolute atomic E-state index is 0.570. The summed E-state index contributed by atoms with van der Waals surface area (Å²) in [5.41, 5.74) is 7.94. The molecule has 3 N–H and O–H groups in total. The van der Waals surface area contributed by atoms with Gasteiger partial charge in [0.05, 0.1) is 0 Å². The molecule has 5 heteroatoms. The van der Waals surface area contributed by atoms with Crippen LogP contribution in [0.3, 0.4) is 0 Å². The highest BCUT2D eigenvalue weighted by atomic mass is 16.4. The molecule has 1 aromatic carbocycles. The van der Waals surface area contributed by atoms with E-state index in [9.17, 15) is 0 Å². The minimum Gasteiger partial charge on any atom is -0.423 e. The van der Waals surface area contributed by atoms with Crippen molar-refractivity contribution in [2.45, 2.75) is 12.8 Å². The van der Waals surface area contributed by atoms with E-state index in [4.69, 9.17) is 10.2 Å². The zero-order chi connectivity index (χ0) is 13.0. The molecule has 0 fully saturated rings. The third kappa shape index (κ3) is 3.37. The van der Waals surface area contributed by atoms with Gasteiger partial charge in [-0.3, -0.25) is 0 Å². The summed E-state index contributed by atoms with van der Waals surface area (Å²) >= 11 is 0. The van der Waals surface area contributed by atoms with Gasteiger partial charge in [-0.05, 0) is 45.6 Å². The van der Waals surface area contributed by atoms with Crippen LogP contribution >= 0.6 is 0 Å². The third-order valence-corrected chi connectivity index (χ3v) is 2.72. The molecule has 0 aliphatic heterocycles. The molecule has 0 spiro atoms. The van der Waals surface area contributed by atoms with E-state index in [0.717, 1.165) is 37.0 Å². The molecule has 0 radical (unpaired) electrons. The summed E-state index contributed by atoms with van der Waals surface area (Å²) < 4.78 is 5.56. The number of nitrogens with two attached hydrogens (primary N) is 1. The van der Waals surface area contributed by atoms with E-state index < -0.39 is 0 Å². The first-order valence-corrected chi connectivity index (χ1v) is 6.20. The minimum atomic E-state index is 0.570. The molecule has 0 saturated heterocycles. The maximum absolute atomic E-state index is 5.69. The number of aromatic nitrogens is 1. The highest BCUT2D eigenvalue weighted by molar-refractivity contribution is 5.77. The second-order valence-corrected chi connectivity index (χ2v) is 4.68. The summed E-state index contributed by atoms with van der Waals surface area (Å²) in [7, 11) is 4.16. The average molecular weight is 248 g/mol. The lowest BCUT2D eigenvalue weighted by atomic mass is 10.3. The molecule has 0 aliphatic carbocycles. The Labute approximate surface area is 107 Å². The predicted octanol–water partition coefficient (Wildman–Crippen LogP) is 2.16. The van der Waals surface area contributed by atoms with Gasteiger partial charge in [0.1, 0.15) is 5.52 Å². The van der Waals surface area contributed by atoms with E-state index in [1.54, 1.807) is 6.07 Å². The van der Waals surface area contributed by atoms with Gasteiger partial charge in [0.25, 0.3) is 6.01 Å². The van der Waals surface area contributed by atoms with Crippen LogP contribution < -0.4 is 11.1 Å². The molecule has 1 heterocycles. The Kier molecular flexibility index (Phi) is 4.04. The molecular formula is C13H20N4O. The van der Waals surface area contributed by atoms with Crippen LogP contribution in [0.15, 0.2) is 22.6 Å². The molecule has 0 saturated carbocycles. The SMILES string of the molecule is CN(C)CCCCNc1nc2ccc(N)cc2o1. The molecule has 0 unspecified atom stereocenters. The Hall–Kier alpha value is -1.75. The number of anilines is 2. The molecular weight excluding hydrogens is 228 g/mol. The highest BCUT2D eigenvalue weighted by Crippen LogP contribution is 2.20. The number of fused-ring (bicyclic) bond motifs is 1. The Morgan fingerprint density at radius 1 is 1.33 bits per heavy atom. The van der Waals surface area contributed by atoms with Crippen molar-refractivity contribution in [1.82, 2.24) is 9.88 Å². The lowest BCUT2D eigenvalue weighted by Crippen LogP contribution is -2.14. The van der Waals surface area contributed by atoms with Crippen LogP contribution in [0.2, 0.25) is 0 Å². The Morgan fingerprint density at radius 3 is 2.94 bits per heavy atom. The molecule has 0 atom stereocenters.